The van der Waals surface area contributed by atoms with Crippen molar-refractivity contribution < 1.29 is 0 Å². The molecule has 1 heterocycles. The molecule has 1 N–H and O–H groups in total. The molecule has 0 aliphatic heterocycles. The number of benzene rings is 1. The van der Waals surface area contributed by atoms with Crippen LogP contribution in [0.4, 0.5) is 5.69 Å². The number of fused-ring (bicyclic) bond motifs is 1. The topological polar surface area (TPSA) is 24.9 Å². The predicted octanol–water partition coefficient (Wildman–Crippen LogP) is 4.09. The molecule has 0 aliphatic rings. The zero-order valence-electron chi connectivity index (χ0n) is 8.71. The van der Waals surface area contributed by atoms with Gasteiger partial charge in [0, 0.05) is 34.2 Å². The number of hydrogen-bond donors (Lipinski definition) is 1. The maximum Gasteiger partial charge on any atom is 0.0737 e. The van der Waals surface area contributed by atoms with E-state index in [-0.39, 0.29) is 0 Å². The summed E-state index contributed by atoms with van der Waals surface area (Å²) in [6.07, 6.45) is 2.90. The Bertz CT molecular complexity index is 487. The van der Waals surface area contributed by atoms with Crippen molar-refractivity contribution in [2.24, 2.45) is 0 Å². The molecule has 0 spiro atoms. The third-order valence-corrected chi connectivity index (χ3v) is 3.13. The molecule has 2 rings (SSSR count). The summed E-state index contributed by atoms with van der Waals surface area (Å²) in [7, 11) is 0. The molecule has 2 aromatic rings. The Kier molecular flexibility index (Phi) is 4.02. The van der Waals surface area contributed by atoms with Gasteiger partial charge in [-0.05, 0) is 30.7 Å². The van der Waals surface area contributed by atoms with E-state index in [1.807, 2.05) is 24.3 Å². The molecule has 0 bridgehead atoms. The van der Waals surface area contributed by atoms with Crippen molar-refractivity contribution in [3.05, 3.63) is 35.5 Å². The fraction of sp³-hybridized carbons (Fsp3) is 0.250. The smallest absolute Gasteiger partial charge is 0.0737 e. The highest BCUT2D eigenvalue weighted by molar-refractivity contribution is 9.09. The fourth-order valence-corrected chi connectivity index (χ4v) is 2.01. The highest BCUT2D eigenvalue weighted by Crippen LogP contribution is 2.24. The number of nitrogens with one attached hydrogen (secondary N) is 1. The lowest BCUT2D eigenvalue weighted by molar-refractivity contribution is 1.00. The molecule has 0 saturated carbocycles. The average Bonchev–Trinajstić information content (AvgIpc) is 2.29. The van der Waals surface area contributed by atoms with Gasteiger partial charge < -0.3 is 5.32 Å². The first-order chi connectivity index (χ1) is 7.81. The molecule has 16 heavy (non-hydrogen) atoms. The van der Waals surface area contributed by atoms with Gasteiger partial charge in [0.25, 0.3) is 0 Å². The van der Waals surface area contributed by atoms with Gasteiger partial charge in [-0.25, -0.2) is 0 Å². The second kappa shape index (κ2) is 5.51. The number of nitrogens with zero attached hydrogens (tertiary/aromatic N) is 1. The summed E-state index contributed by atoms with van der Waals surface area (Å²) in [5, 5.41) is 6.24. The lowest BCUT2D eigenvalue weighted by Gasteiger charge is -2.08. The summed E-state index contributed by atoms with van der Waals surface area (Å²) in [5.74, 6) is 0. The molecule has 4 heteroatoms. The van der Waals surface area contributed by atoms with Crippen LogP contribution in [0.15, 0.2) is 30.5 Å². The Balaban J connectivity index is 2.30. The van der Waals surface area contributed by atoms with Gasteiger partial charge in [-0.3, -0.25) is 4.98 Å². The van der Waals surface area contributed by atoms with Crippen LogP contribution in [-0.4, -0.2) is 16.9 Å². The lowest BCUT2D eigenvalue weighted by atomic mass is 10.2. The van der Waals surface area contributed by atoms with E-state index in [1.165, 1.54) is 0 Å². The average molecular weight is 300 g/mol. The van der Waals surface area contributed by atoms with Crippen LogP contribution < -0.4 is 5.32 Å². The third kappa shape index (κ3) is 2.66. The highest BCUT2D eigenvalue weighted by atomic mass is 79.9. The Morgan fingerprint density at radius 2 is 2.19 bits per heavy atom. The minimum atomic E-state index is 0.720. The first-order valence-corrected chi connectivity index (χ1v) is 6.65. The van der Waals surface area contributed by atoms with Crippen LogP contribution in [0.2, 0.25) is 5.02 Å². The van der Waals surface area contributed by atoms with E-state index < -0.39 is 0 Å². The molecule has 0 fully saturated rings. The van der Waals surface area contributed by atoms with Crippen molar-refractivity contribution in [2.75, 3.05) is 17.2 Å². The second-order valence-electron chi connectivity index (χ2n) is 3.49. The van der Waals surface area contributed by atoms with Crippen molar-refractivity contribution in [2.45, 2.75) is 6.42 Å². The van der Waals surface area contributed by atoms with Crippen molar-refractivity contribution in [1.82, 2.24) is 4.98 Å². The van der Waals surface area contributed by atoms with E-state index >= 15 is 0 Å². The minimum absolute atomic E-state index is 0.720. The Hall–Kier alpha value is -0.800. The maximum atomic E-state index is 5.93. The number of anilines is 1. The van der Waals surface area contributed by atoms with E-state index in [0.29, 0.717) is 0 Å². The van der Waals surface area contributed by atoms with E-state index in [0.717, 1.165) is 39.9 Å². The van der Waals surface area contributed by atoms with Crippen LogP contribution in [-0.2, 0) is 0 Å². The van der Waals surface area contributed by atoms with Crippen molar-refractivity contribution in [1.29, 1.82) is 0 Å². The summed E-state index contributed by atoms with van der Waals surface area (Å²) in [5.41, 5.74) is 2.04. The normalized spacial score (nSPS) is 10.6. The quantitative estimate of drug-likeness (QED) is 0.679. The number of aromatic nitrogens is 1. The minimum Gasteiger partial charge on any atom is -0.384 e. The number of rotatable bonds is 4. The van der Waals surface area contributed by atoms with Crippen molar-refractivity contribution in [3.8, 4) is 0 Å². The monoisotopic (exact) mass is 298 g/mol. The predicted molar refractivity (Wildman–Crippen MR) is 73.7 cm³/mol. The largest absolute Gasteiger partial charge is 0.384 e. The van der Waals surface area contributed by atoms with Crippen molar-refractivity contribution in [3.63, 3.8) is 0 Å². The summed E-state index contributed by atoms with van der Waals surface area (Å²) in [4.78, 5) is 4.30. The number of alkyl halides is 1. The van der Waals surface area contributed by atoms with E-state index in [2.05, 4.69) is 26.2 Å². The fourth-order valence-electron chi connectivity index (χ4n) is 1.57. The van der Waals surface area contributed by atoms with Gasteiger partial charge in [0.2, 0.25) is 0 Å². The number of pyridine rings is 1. The van der Waals surface area contributed by atoms with Gasteiger partial charge in [0.05, 0.1) is 5.52 Å². The molecule has 0 unspecified atom stereocenters. The van der Waals surface area contributed by atoms with Crippen LogP contribution in [0.3, 0.4) is 0 Å². The molecule has 1 aromatic heterocycles. The Labute approximate surface area is 108 Å². The maximum absolute atomic E-state index is 5.93. The molecule has 0 atom stereocenters. The van der Waals surface area contributed by atoms with Gasteiger partial charge in [-0.1, -0.05) is 27.5 Å². The van der Waals surface area contributed by atoms with E-state index in [9.17, 15) is 0 Å². The summed E-state index contributed by atoms with van der Waals surface area (Å²) in [6, 6.07) is 7.76. The molecule has 84 valence electrons. The van der Waals surface area contributed by atoms with Crippen LogP contribution in [0.25, 0.3) is 10.9 Å². The Morgan fingerprint density at radius 3 is 3.00 bits per heavy atom. The molecule has 0 amide bonds. The molecule has 0 radical (unpaired) electrons. The first-order valence-electron chi connectivity index (χ1n) is 5.15. The summed E-state index contributed by atoms with van der Waals surface area (Å²) < 4.78 is 0. The Morgan fingerprint density at radius 1 is 1.31 bits per heavy atom. The first kappa shape index (κ1) is 11.7. The van der Waals surface area contributed by atoms with E-state index in [1.54, 1.807) is 6.20 Å². The number of halogens is 2. The van der Waals surface area contributed by atoms with Gasteiger partial charge >= 0.3 is 0 Å². The van der Waals surface area contributed by atoms with Crippen LogP contribution in [0, 0.1) is 0 Å². The lowest BCUT2D eigenvalue weighted by Crippen LogP contribution is -2.02. The molecule has 0 aliphatic carbocycles. The third-order valence-electron chi connectivity index (χ3n) is 2.33. The highest BCUT2D eigenvalue weighted by Gasteiger charge is 2.01. The van der Waals surface area contributed by atoms with Gasteiger partial charge in [0.1, 0.15) is 0 Å². The van der Waals surface area contributed by atoms with Gasteiger partial charge in [-0.15, -0.1) is 0 Å². The zero-order chi connectivity index (χ0) is 11.4. The number of hydrogen-bond acceptors (Lipinski definition) is 2. The van der Waals surface area contributed by atoms with Crippen LogP contribution in [0.5, 0.6) is 0 Å². The molecular formula is C12H12BrClN2. The zero-order valence-corrected chi connectivity index (χ0v) is 11.1. The van der Waals surface area contributed by atoms with Gasteiger partial charge in [0.15, 0.2) is 0 Å². The summed E-state index contributed by atoms with van der Waals surface area (Å²) in [6.45, 7) is 0.951. The van der Waals surface area contributed by atoms with Crippen LogP contribution >= 0.6 is 27.5 Å². The van der Waals surface area contributed by atoms with Crippen molar-refractivity contribution >= 4 is 44.1 Å². The molecule has 1 aromatic carbocycles. The standard InChI is InChI=1S/C12H12BrClN2/c13-5-1-6-15-11-4-7-16-12-8-9(14)2-3-10(11)12/h2-4,7-8H,1,5-6H2,(H,15,16). The summed E-state index contributed by atoms with van der Waals surface area (Å²) >= 11 is 9.34. The van der Waals surface area contributed by atoms with Gasteiger partial charge in [-0.2, -0.15) is 0 Å². The molecule has 0 saturated heterocycles. The van der Waals surface area contributed by atoms with Crippen LogP contribution in [0.1, 0.15) is 6.42 Å². The molecule has 2 nitrogen and oxygen atoms in total. The van der Waals surface area contributed by atoms with E-state index in [4.69, 9.17) is 11.6 Å². The SMILES string of the molecule is Clc1ccc2c(NCCCBr)ccnc2c1. The molecular weight excluding hydrogens is 288 g/mol. The second-order valence-corrected chi connectivity index (χ2v) is 4.72.